The van der Waals surface area contributed by atoms with Crippen molar-refractivity contribution >= 4 is 33.6 Å². The summed E-state index contributed by atoms with van der Waals surface area (Å²) >= 11 is 0. The van der Waals surface area contributed by atoms with Crippen LogP contribution in [0.15, 0.2) is 65.3 Å². The zero-order valence-corrected chi connectivity index (χ0v) is 15.4. The Bertz CT molecular complexity index is 1210. The number of furan rings is 1. The lowest BCUT2D eigenvalue weighted by molar-refractivity contribution is 0.104. The molecule has 0 amide bonds. The van der Waals surface area contributed by atoms with Crippen LogP contribution >= 0.6 is 0 Å². The molecule has 4 rings (SSSR count). The van der Waals surface area contributed by atoms with Crippen molar-refractivity contribution in [2.75, 3.05) is 14.2 Å². The van der Waals surface area contributed by atoms with E-state index in [2.05, 4.69) is 0 Å². The van der Waals surface area contributed by atoms with E-state index < -0.39 is 5.78 Å². The molecule has 28 heavy (non-hydrogen) atoms. The van der Waals surface area contributed by atoms with Gasteiger partial charge in [0.05, 0.1) is 25.9 Å². The Morgan fingerprint density at radius 1 is 0.964 bits per heavy atom. The van der Waals surface area contributed by atoms with Crippen LogP contribution in [0.25, 0.3) is 27.8 Å². The molecule has 0 fully saturated rings. The molecule has 3 aromatic carbocycles. The Morgan fingerprint density at radius 3 is 2.50 bits per heavy atom. The zero-order chi connectivity index (χ0) is 19.7. The third-order valence-electron chi connectivity index (χ3n) is 4.69. The summed E-state index contributed by atoms with van der Waals surface area (Å²) in [5.74, 6) is -0.365. The van der Waals surface area contributed by atoms with Crippen molar-refractivity contribution < 1.29 is 23.8 Å². The minimum atomic E-state index is -0.399. The van der Waals surface area contributed by atoms with Gasteiger partial charge in [0.1, 0.15) is 11.3 Å². The summed E-state index contributed by atoms with van der Waals surface area (Å²) in [5, 5.41) is 13.3. The summed E-state index contributed by atoms with van der Waals surface area (Å²) in [6.45, 7) is 0. The van der Waals surface area contributed by atoms with Crippen molar-refractivity contribution in [3.05, 3.63) is 72.0 Å². The monoisotopic (exact) mass is 374 g/mol. The average Bonchev–Trinajstić information content (AvgIpc) is 3.20. The van der Waals surface area contributed by atoms with Gasteiger partial charge < -0.3 is 19.0 Å². The van der Waals surface area contributed by atoms with Gasteiger partial charge in [-0.05, 0) is 28.5 Å². The number of allylic oxidation sites excluding steroid dienone is 1. The van der Waals surface area contributed by atoms with E-state index in [9.17, 15) is 9.90 Å². The predicted octanol–water partition coefficient (Wildman–Crippen LogP) is 5.20. The molecule has 0 aliphatic heterocycles. The lowest BCUT2D eigenvalue weighted by Gasteiger charge is -2.13. The highest BCUT2D eigenvalue weighted by Gasteiger charge is 2.26. The minimum absolute atomic E-state index is 0.0322. The number of methoxy groups -OCH3 is 2. The molecule has 0 saturated carbocycles. The minimum Gasteiger partial charge on any atom is -0.504 e. The van der Waals surface area contributed by atoms with E-state index in [1.807, 2.05) is 42.5 Å². The maximum absolute atomic E-state index is 13.0. The zero-order valence-electron chi connectivity index (χ0n) is 15.4. The quantitative estimate of drug-likeness (QED) is 0.384. The number of phenols is 1. The summed E-state index contributed by atoms with van der Waals surface area (Å²) in [7, 11) is 2.85. The Balaban J connectivity index is 1.83. The third-order valence-corrected chi connectivity index (χ3v) is 4.69. The van der Waals surface area contributed by atoms with Gasteiger partial charge in [-0.2, -0.15) is 0 Å². The molecule has 0 unspecified atom stereocenters. The van der Waals surface area contributed by atoms with Crippen LogP contribution in [0.1, 0.15) is 15.9 Å². The first-order chi connectivity index (χ1) is 13.7. The molecular weight excluding hydrogens is 356 g/mol. The largest absolute Gasteiger partial charge is 0.504 e. The standard InChI is InChI=1S/C23H18O5/c1-26-21-17-12-13-28-22(17)23(27-2)20(25)19(21)18(24)11-10-15-8-5-7-14-6-3-4-9-16(14)15/h3-13,25H,1-2H3. The molecule has 0 atom stereocenters. The second-order valence-electron chi connectivity index (χ2n) is 6.22. The van der Waals surface area contributed by atoms with Crippen LogP contribution in [0, 0.1) is 0 Å². The van der Waals surface area contributed by atoms with E-state index >= 15 is 0 Å². The molecule has 0 radical (unpaired) electrons. The molecule has 0 saturated heterocycles. The van der Waals surface area contributed by atoms with E-state index in [-0.39, 0.29) is 22.8 Å². The highest BCUT2D eigenvalue weighted by Crippen LogP contribution is 2.45. The highest BCUT2D eigenvalue weighted by molar-refractivity contribution is 6.15. The maximum Gasteiger partial charge on any atom is 0.205 e. The number of ketones is 1. The molecule has 140 valence electrons. The third kappa shape index (κ3) is 2.77. The van der Waals surface area contributed by atoms with Crippen molar-refractivity contribution in [1.29, 1.82) is 0 Å². The Morgan fingerprint density at radius 2 is 1.71 bits per heavy atom. The molecule has 0 aliphatic carbocycles. The van der Waals surface area contributed by atoms with Crippen LogP contribution in [0.2, 0.25) is 0 Å². The molecule has 1 N–H and O–H groups in total. The number of hydrogen-bond donors (Lipinski definition) is 1. The molecule has 0 spiro atoms. The Labute approximate surface area is 161 Å². The predicted molar refractivity (Wildman–Crippen MR) is 108 cm³/mol. The van der Waals surface area contributed by atoms with Gasteiger partial charge in [-0.1, -0.05) is 48.5 Å². The molecule has 0 aliphatic rings. The Kier molecular flexibility index (Phi) is 4.49. The smallest absolute Gasteiger partial charge is 0.205 e. The van der Waals surface area contributed by atoms with Crippen LogP contribution in [-0.4, -0.2) is 25.1 Å². The summed E-state index contributed by atoms with van der Waals surface area (Å²) in [6.07, 6.45) is 4.61. The topological polar surface area (TPSA) is 68.9 Å². The number of aromatic hydroxyl groups is 1. The molecule has 4 aromatic rings. The molecule has 5 nitrogen and oxygen atoms in total. The SMILES string of the molecule is COc1c(C(=O)C=Cc2cccc3ccccc23)c(O)c(OC)c2occc12. The average molecular weight is 374 g/mol. The number of ether oxygens (including phenoxy) is 2. The summed E-state index contributed by atoms with van der Waals surface area (Å²) in [4.78, 5) is 13.0. The fourth-order valence-electron chi connectivity index (χ4n) is 3.40. The first kappa shape index (κ1) is 17.7. The van der Waals surface area contributed by atoms with Crippen molar-refractivity contribution in [2.24, 2.45) is 0 Å². The van der Waals surface area contributed by atoms with Gasteiger partial charge in [-0.25, -0.2) is 0 Å². The van der Waals surface area contributed by atoms with Crippen molar-refractivity contribution in [3.8, 4) is 17.2 Å². The maximum atomic E-state index is 13.0. The molecule has 1 heterocycles. The van der Waals surface area contributed by atoms with E-state index in [4.69, 9.17) is 13.9 Å². The number of benzene rings is 3. The van der Waals surface area contributed by atoms with Gasteiger partial charge in [-0.3, -0.25) is 4.79 Å². The number of carbonyl (C=O) groups is 1. The van der Waals surface area contributed by atoms with Crippen molar-refractivity contribution in [1.82, 2.24) is 0 Å². The van der Waals surface area contributed by atoms with Crippen LogP contribution in [0.4, 0.5) is 0 Å². The molecule has 5 heteroatoms. The first-order valence-corrected chi connectivity index (χ1v) is 8.70. The van der Waals surface area contributed by atoms with Crippen molar-refractivity contribution in [3.63, 3.8) is 0 Å². The fraction of sp³-hybridized carbons (Fsp3) is 0.0870. The summed E-state index contributed by atoms with van der Waals surface area (Å²) in [5.41, 5.74) is 1.26. The van der Waals surface area contributed by atoms with Crippen LogP contribution in [0.3, 0.4) is 0 Å². The van der Waals surface area contributed by atoms with Crippen LogP contribution in [0.5, 0.6) is 17.2 Å². The fourth-order valence-corrected chi connectivity index (χ4v) is 3.40. The van der Waals surface area contributed by atoms with Crippen LogP contribution in [-0.2, 0) is 0 Å². The van der Waals surface area contributed by atoms with Gasteiger partial charge in [0.2, 0.25) is 5.75 Å². The lowest BCUT2D eigenvalue weighted by atomic mass is 10.0. The summed E-state index contributed by atoms with van der Waals surface area (Å²) in [6, 6.07) is 15.5. The number of carbonyl (C=O) groups excluding carboxylic acids is 1. The van der Waals surface area contributed by atoms with Gasteiger partial charge in [-0.15, -0.1) is 0 Å². The van der Waals surface area contributed by atoms with Crippen LogP contribution < -0.4 is 9.47 Å². The Hall–Kier alpha value is -3.73. The number of hydrogen-bond acceptors (Lipinski definition) is 5. The van der Waals surface area contributed by atoms with Crippen molar-refractivity contribution in [2.45, 2.75) is 0 Å². The lowest BCUT2D eigenvalue weighted by Crippen LogP contribution is -2.02. The number of fused-ring (bicyclic) bond motifs is 2. The summed E-state index contributed by atoms with van der Waals surface area (Å²) < 4.78 is 16.0. The van der Waals surface area contributed by atoms with Gasteiger partial charge in [0, 0.05) is 0 Å². The first-order valence-electron chi connectivity index (χ1n) is 8.70. The number of rotatable bonds is 5. The molecule has 0 bridgehead atoms. The normalized spacial score (nSPS) is 11.4. The number of phenolic OH excluding ortho intramolecular Hbond substituents is 1. The second-order valence-corrected chi connectivity index (χ2v) is 6.22. The van der Waals surface area contributed by atoms with E-state index in [1.54, 1.807) is 12.1 Å². The molecule has 1 aromatic heterocycles. The van der Waals surface area contributed by atoms with Gasteiger partial charge >= 0.3 is 0 Å². The van der Waals surface area contributed by atoms with E-state index in [0.717, 1.165) is 16.3 Å². The van der Waals surface area contributed by atoms with Gasteiger partial charge in [0.15, 0.2) is 17.1 Å². The van der Waals surface area contributed by atoms with E-state index in [1.165, 1.54) is 26.6 Å². The highest BCUT2D eigenvalue weighted by atomic mass is 16.5. The second kappa shape index (κ2) is 7.12. The molecular formula is C23H18O5. The van der Waals surface area contributed by atoms with E-state index in [0.29, 0.717) is 11.0 Å². The van der Waals surface area contributed by atoms with Gasteiger partial charge in [0.25, 0.3) is 0 Å².